The molecule has 0 saturated carbocycles. The second-order valence-electron chi connectivity index (χ2n) is 6.92. The molecule has 0 bridgehead atoms. The Bertz CT molecular complexity index is 788. The molecule has 2 N–H and O–H groups in total. The van der Waals surface area contributed by atoms with Crippen LogP contribution in [-0.4, -0.2) is 56.7 Å². The van der Waals surface area contributed by atoms with Crippen LogP contribution >= 0.6 is 0 Å². The number of ether oxygens (including phenoxy) is 1. The van der Waals surface area contributed by atoms with Crippen molar-refractivity contribution in [2.75, 3.05) is 39.9 Å². The van der Waals surface area contributed by atoms with Crippen molar-refractivity contribution in [1.29, 1.82) is 0 Å². The molecular formula is C21H27N3O3. The van der Waals surface area contributed by atoms with E-state index in [9.17, 15) is 9.59 Å². The topological polar surface area (TPSA) is 70.7 Å². The molecule has 2 aromatic carbocycles. The van der Waals surface area contributed by atoms with Crippen molar-refractivity contribution < 1.29 is 14.3 Å². The number of hydrogen-bond donors (Lipinski definition) is 2. The van der Waals surface area contributed by atoms with E-state index in [2.05, 4.69) is 10.6 Å². The lowest BCUT2D eigenvalue weighted by atomic mass is 9.98. The number of methoxy groups -OCH3 is 1. The Balaban J connectivity index is 1.54. The van der Waals surface area contributed by atoms with Crippen molar-refractivity contribution in [2.45, 2.75) is 12.8 Å². The zero-order chi connectivity index (χ0) is 19.1. The molecule has 0 aliphatic carbocycles. The van der Waals surface area contributed by atoms with Crippen molar-refractivity contribution in [3.05, 3.63) is 48.0 Å². The molecular weight excluding hydrogens is 342 g/mol. The van der Waals surface area contributed by atoms with Crippen LogP contribution in [0, 0.1) is 5.92 Å². The predicted octanol–water partition coefficient (Wildman–Crippen LogP) is 2.64. The minimum atomic E-state index is -0.0616. The van der Waals surface area contributed by atoms with E-state index in [0.717, 1.165) is 30.2 Å². The maximum atomic E-state index is 12.7. The van der Waals surface area contributed by atoms with Gasteiger partial charge in [0.1, 0.15) is 0 Å². The van der Waals surface area contributed by atoms with Crippen LogP contribution in [0.3, 0.4) is 0 Å². The van der Waals surface area contributed by atoms with Gasteiger partial charge in [0, 0.05) is 38.9 Å². The summed E-state index contributed by atoms with van der Waals surface area (Å²) in [6, 6.07) is 13.6. The highest BCUT2D eigenvalue weighted by molar-refractivity contribution is 6.06. The fourth-order valence-corrected chi connectivity index (χ4v) is 3.54. The third kappa shape index (κ3) is 4.98. The maximum Gasteiger partial charge on any atom is 0.317 e. The lowest BCUT2D eigenvalue weighted by molar-refractivity contribution is 0.0939. The van der Waals surface area contributed by atoms with E-state index in [4.69, 9.17) is 4.74 Å². The summed E-state index contributed by atoms with van der Waals surface area (Å²) in [7, 11) is 1.61. The number of carbonyl (C=O) groups excluding carboxylic acids is 2. The number of fused-ring (bicyclic) bond motifs is 1. The van der Waals surface area contributed by atoms with Crippen LogP contribution in [0.2, 0.25) is 0 Å². The first-order valence-electron chi connectivity index (χ1n) is 9.46. The molecule has 0 aromatic heterocycles. The van der Waals surface area contributed by atoms with Gasteiger partial charge in [0.25, 0.3) is 5.91 Å². The molecule has 1 saturated heterocycles. The Hall–Kier alpha value is -2.60. The van der Waals surface area contributed by atoms with E-state index in [0.29, 0.717) is 31.8 Å². The van der Waals surface area contributed by atoms with E-state index < -0.39 is 0 Å². The number of hydrogen-bond acceptors (Lipinski definition) is 3. The van der Waals surface area contributed by atoms with E-state index >= 15 is 0 Å². The maximum absolute atomic E-state index is 12.7. The fourth-order valence-electron chi connectivity index (χ4n) is 3.54. The number of nitrogens with zero attached hydrogens (tertiary/aromatic N) is 1. The van der Waals surface area contributed by atoms with Gasteiger partial charge in [-0.15, -0.1) is 0 Å². The third-order valence-electron chi connectivity index (χ3n) is 4.97. The zero-order valence-electron chi connectivity index (χ0n) is 15.7. The molecule has 6 nitrogen and oxygen atoms in total. The largest absolute Gasteiger partial charge is 0.383 e. The van der Waals surface area contributed by atoms with Crippen LogP contribution in [-0.2, 0) is 4.74 Å². The molecule has 0 radical (unpaired) electrons. The summed E-state index contributed by atoms with van der Waals surface area (Å²) in [6.45, 7) is 3.00. The highest BCUT2D eigenvalue weighted by Gasteiger charge is 2.24. The minimum Gasteiger partial charge on any atom is -0.383 e. The molecule has 6 heteroatoms. The Morgan fingerprint density at radius 2 is 1.96 bits per heavy atom. The van der Waals surface area contributed by atoms with Gasteiger partial charge in [-0.1, -0.05) is 36.4 Å². The summed E-state index contributed by atoms with van der Waals surface area (Å²) in [6.07, 6.45) is 1.96. The van der Waals surface area contributed by atoms with Gasteiger partial charge < -0.3 is 20.3 Å². The molecule has 1 heterocycles. The lowest BCUT2D eigenvalue weighted by Gasteiger charge is -2.32. The van der Waals surface area contributed by atoms with Crippen molar-refractivity contribution in [3.63, 3.8) is 0 Å². The Kier molecular flexibility index (Phi) is 6.65. The van der Waals surface area contributed by atoms with Crippen molar-refractivity contribution >= 4 is 22.7 Å². The molecule has 0 spiro atoms. The van der Waals surface area contributed by atoms with Gasteiger partial charge in [-0.05, 0) is 35.6 Å². The molecule has 1 unspecified atom stereocenters. The Labute approximate surface area is 159 Å². The van der Waals surface area contributed by atoms with Crippen molar-refractivity contribution in [2.24, 2.45) is 5.92 Å². The molecule has 144 valence electrons. The molecule has 1 atom stereocenters. The van der Waals surface area contributed by atoms with Gasteiger partial charge in [-0.2, -0.15) is 0 Å². The third-order valence-corrected chi connectivity index (χ3v) is 4.97. The van der Waals surface area contributed by atoms with Crippen molar-refractivity contribution in [1.82, 2.24) is 15.5 Å². The van der Waals surface area contributed by atoms with Crippen LogP contribution in [0.15, 0.2) is 42.5 Å². The smallest absolute Gasteiger partial charge is 0.317 e. The predicted molar refractivity (Wildman–Crippen MR) is 106 cm³/mol. The summed E-state index contributed by atoms with van der Waals surface area (Å²) >= 11 is 0. The molecule has 2 aromatic rings. The average molecular weight is 369 g/mol. The molecule has 3 amide bonds. The van der Waals surface area contributed by atoms with Crippen LogP contribution in [0.4, 0.5) is 4.79 Å². The van der Waals surface area contributed by atoms with Crippen molar-refractivity contribution in [3.8, 4) is 0 Å². The molecule has 27 heavy (non-hydrogen) atoms. The van der Waals surface area contributed by atoms with E-state index in [1.807, 2.05) is 47.4 Å². The van der Waals surface area contributed by atoms with Gasteiger partial charge in [-0.3, -0.25) is 4.79 Å². The van der Waals surface area contributed by atoms with Crippen LogP contribution in [0.5, 0.6) is 0 Å². The second kappa shape index (κ2) is 9.37. The number of piperidine rings is 1. The van der Waals surface area contributed by atoms with Gasteiger partial charge in [0.2, 0.25) is 0 Å². The number of benzene rings is 2. The molecule has 3 rings (SSSR count). The Morgan fingerprint density at radius 3 is 2.81 bits per heavy atom. The normalized spacial score (nSPS) is 16.9. The van der Waals surface area contributed by atoms with Gasteiger partial charge in [0.15, 0.2) is 0 Å². The molecule has 1 aliphatic rings. The number of nitrogens with one attached hydrogen (secondary N) is 2. The monoisotopic (exact) mass is 369 g/mol. The van der Waals surface area contributed by atoms with E-state index in [-0.39, 0.29) is 17.9 Å². The number of amides is 3. The standard InChI is InChI=1S/C21H27N3O3/c1-27-13-11-22-21(26)24-12-5-6-16(15-24)14-23-20(25)19-10-4-8-17-7-2-3-9-18(17)19/h2-4,7-10,16H,5-6,11-15H2,1H3,(H,22,26)(H,23,25). The first-order valence-corrected chi connectivity index (χ1v) is 9.46. The quantitative estimate of drug-likeness (QED) is 0.769. The molecule has 1 aliphatic heterocycles. The first-order chi connectivity index (χ1) is 13.2. The van der Waals surface area contributed by atoms with Gasteiger partial charge in [0.05, 0.1) is 6.61 Å². The summed E-state index contributed by atoms with van der Waals surface area (Å²) in [4.78, 5) is 26.7. The average Bonchev–Trinajstić information content (AvgIpc) is 2.72. The van der Waals surface area contributed by atoms with Crippen LogP contribution < -0.4 is 10.6 Å². The van der Waals surface area contributed by atoms with Gasteiger partial charge in [-0.25, -0.2) is 4.79 Å². The van der Waals surface area contributed by atoms with E-state index in [1.54, 1.807) is 7.11 Å². The summed E-state index contributed by atoms with van der Waals surface area (Å²) in [5.74, 6) is 0.208. The van der Waals surface area contributed by atoms with Crippen LogP contribution in [0.1, 0.15) is 23.2 Å². The van der Waals surface area contributed by atoms with Gasteiger partial charge >= 0.3 is 6.03 Å². The zero-order valence-corrected chi connectivity index (χ0v) is 15.7. The lowest BCUT2D eigenvalue weighted by Crippen LogP contribution is -2.48. The number of urea groups is 1. The van der Waals surface area contributed by atoms with E-state index in [1.165, 1.54) is 0 Å². The number of likely N-dealkylation sites (tertiary alicyclic amines) is 1. The fraction of sp³-hybridized carbons (Fsp3) is 0.429. The Morgan fingerprint density at radius 1 is 1.15 bits per heavy atom. The summed E-state index contributed by atoms with van der Waals surface area (Å²) < 4.78 is 4.96. The number of carbonyl (C=O) groups is 2. The molecule has 1 fully saturated rings. The SMILES string of the molecule is COCCNC(=O)N1CCCC(CNC(=O)c2cccc3ccccc23)C1. The minimum absolute atomic E-state index is 0.0582. The highest BCUT2D eigenvalue weighted by atomic mass is 16.5. The second-order valence-corrected chi connectivity index (χ2v) is 6.92. The number of rotatable bonds is 6. The van der Waals surface area contributed by atoms with Crippen LogP contribution in [0.25, 0.3) is 10.8 Å². The highest BCUT2D eigenvalue weighted by Crippen LogP contribution is 2.19. The first kappa shape index (κ1) is 19.2. The summed E-state index contributed by atoms with van der Waals surface area (Å²) in [5.41, 5.74) is 0.693. The summed E-state index contributed by atoms with van der Waals surface area (Å²) in [5, 5.41) is 7.93.